The van der Waals surface area contributed by atoms with Crippen LogP contribution in [0, 0.1) is 14.4 Å². The molecule has 8 rings (SSSR count). The first-order valence-corrected chi connectivity index (χ1v) is 22.4. The molecule has 0 saturated heterocycles. The van der Waals surface area contributed by atoms with Crippen LogP contribution in [0.5, 0.6) is 63.2 Å². The molecule has 0 saturated carbocycles. The maximum atomic E-state index is 11.5. The third-order valence-corrected chi connectivity index (χ3v) is 9.23. The Morgan fingerprint density at radius 2 is 0.845 bits per heavy atom. The molecular formula is C58H59BrO11Zn. The molecule has 6 N–H and O–H groups in total. The third kappa shape index (κ3) is 26.0. The smallest absolute Gasteiger partial charge is 0.348 e. The van der Waals surface area contributed by atoms with Gasteiger partial charge in [-0.15, -0.1) is 0 Å². The second-order valence-corrected chi connectivity index (χ2v) is 15.1. The van der Waals surface area contributed by atoms with Gasteiger partial charge in [0.15, 0.2) is 12.2 Å². The molecule has 0 atom stereocenters. The van der Waals surface area contributed by atoms with E-state index in [1.807, 2.05) is 133 Å². The van der Waals surface area contributed by atoms with Crippen molar-refractivity contribution in [1.29, 1.82) is 0 Å². The Bertz CT molecular complexity index is 2670. The molecule has 0 heterocycles. The van der Waals surface area contributed by atoms with E-state index in [4.69, 9.17) is 29.5 Å². The van der Waals surface area contributed by atoms with Crippen LogP contribution in [0.1, 0.15) is 49.0 Å². The van der Waals surface area contributed by atoms with Crippen molar-refractivity contribution < 1.29 is 73.9 Å². The van der Waals surface area contributed by atoms with Gasteiger partial charge < -0.3 is 52.3 Å². The first-order chi connectivity index (χ1) is 33.3. The summed E-state index contributed by atoms with van der Waals surface area (Å²) < 4.78 is 17.8. The Morgan fingerprint density at radius 3 is 1.17 bits per heavy atom. The van der Waals surface area contributed by atoms with Crippen LogP contribution >= 0.6 is 15.9 Å². The first-order valence-electron chi connectivity index (χ1n) is 21.7. The van der Waals surface area contributed by atoms with E-state index in [0.717, 1.165) is 34.4 Å². The van der Waals surface area contributed by atoms with Crippen LogP contribution in [0.3, 0.4) is 0 Å². The van der Waals surface area contributed by atoms with Crippen molar-refractivity contribution in [3.05, 3.63) is 236 Å². The monoisotopic (exact) mass is 1070 g/mol. The van der Waals surface area contributed by atoms with Crippen molar-refractivity contribution in [1.82, 2.24) is 0 Å². The number of hydrogen-bond acceptors (Lipinski definition) is 10. The quantitative estimate of drug-likeness (QED) is 0.0412. The Hall–Kier alpha value is -7.73. The second-order valence-electron chi connectivity index (χ2n) is 14.2. The number of Topliss-reactive ketones (excluding diaryl/α,β-unsaturated/α-hetero) is 1. The van der Waals surface area contributed by atoms with E-state index in [0.29, 0.717) is 40.7 Å². The summed E-state index contributed by atoms with van der Waals surface area (Å²) in [4.78, 5) is 20.8. The molecule has 13 heteroatoms. The van der Waals surface area contributed by atoms with Gasteiger partial charge in [-0.2, -0.15) is 0 Å². The Kier molecular flexibility index (Phi) is 30.6. The number of carboxylic acids is 1. The molecule has 0 aliphatic heterocycles. The number of para-hydroxylation sites is 3. The van der Waals surface area contributed by atoms with Gasteiger partial charge >= 0.3 is 5.97 Å². The van der Waals surface area contributed by atoms with Gasteiger partial charge in [0.2, 0.25) is 0 Å². The van der Waals surface area contributed by atoms with Crippen molar-refractivity contribution in [2.24, 2.45) is 0 Å². The van der Waals surface area contributed by atoms with Gasteiger partial charge in [0, 0.05) is 54.6 Å². The van der Waals surface area contributed by atoms with Crippen LogP contribution in [0.4, 0.5) is 0 Å². The molecule has 0 spiro atoms. The number of halogens is 1. The standard InChI is InChI=1S/C15H14O3.C15H16O2.C12H10O2.C6H5Br.C6H6O2.C3H4O2.CH3.Zn/c1-2-14(16)13-9-8-12(10-15(13)17)18-11-6-4-3-5-7-11;1-2-6-12-9-10-14(11-15(12)16)17-13-7-4-3-5-8-13;13-10-5-4-8-12(9-10)14-11-6-2-1-3-7-11;7-6-4-2-1-3-5-6;7-5-2-1-3-6(8)4-5;1-2-3(4)5;;/h3-10,17H,2H2,1H3;3-5,7-11,16H,2,6H2,1H3;1-9,13H;1-5H;1-4,7-8H;1-2H2;1H3;/q;;;;;;-1;/p+1. The minimum atomic E-state index is -0.856. The Balaban J connectivity index is 0.000000444. The van der Waals surface area contributed by atoms with E-state index in [2.05, 4.69) is 29.8 Å². The summed E-state index contributed by atoms with van der Waals surface area (Å²) in [5.41, 5.74) is 1.30. The van der Waals surface area contributed by atoms with E-state index in [1.54, 1.807) is 55.5 Å². The average molecular weight is 1080 g/mol. The summed E-state index contributed by atoms with van der Waals surface area (Å²) in [6, 6.07) is 61.0. The van der Waals surface area contributed by atoms with E-state index in [1.165, 1.54) is 24.3 Å². The summed E-state index contributed by atoms with van der Waals surface area (Å²) in [5, 5.41) is 53.8. The molecule has 0 unspecified atom stereocenters. The molecule has 0 aromatic heterocycles. The topological polar surface area (TPSA) is 183 Å². The van der Waals surface area contributed by atoms with Crippen LogP contribution in [0.15, 0.2) is 211 Å². The number of phenolic OH excluding ortho intramolecular Hbond substituents is 5. The first kappa shape index (κ1) is 61.3. The number of phenols is 5. The number of carboxylic acid groups (broad SMARTS) is 1. The number of rotatable bonds is 11. The molecule has 0 aliphatic carbocycles. The second kappa shape index (κ2) is 35.4. The number of hydrogen-bond donors (Lipinski definition) is 6. The van der Waals surface area contributed by atoms with Gasteiger partial charge in [0.25, 0.3) is 0 Å². The summed E-state index contributed by atoms with van der Waals surface area (Å²) in [7, 11) is 0. The molecule has 366 valence electrons. The third-order valence-electron chi connectivity index (χ3n) is 8.70. The summed E-state index contributed by atoms with van der Waals surface area (Å²) in [5.74, 6) is 3.73. The number of ether oxygens (including phenoxy) is 3. The molecule has 8 aromatic carbocycles. The van der Waals surface area contributed by atoms with Gasteiger partial charge in [0.05, 0.1) is 12.5 Å². The van der Waals surface area contributed by atoms with Crippen LogP contribution in [0.25, 0.3) is 0 Å². The summed E-state index contributed by atoms with van der Waals surface area (Å²) >= 11 is 3.31. The number of carbonyl (C=O) groups is 2. The molecular weight excluding hydrogens is 1020 g/mol. The largest absolute Gasteiger partial charge is 0.508 e. The zero-order valence-electron chi connectivity index (χ0n) is 40.0. The molecule has 0 bridgehead atoms. The van der Waals surface area contributed by atoms with Crippen molar-refractivity contribution in [3.63, 3.8) is 0 Å². The average Bonchev–Trinajstić information content (AvgIpc) is 3.34. The molecule has 11 nitrogen and oxygen atoms in total. The van der Waals surface area contributed by atoms with Gasteiger partial charge in [-0.25, -0.2) is 4.79 Å². The summed E-state index contributed by atoms with van der Waals surface area (Å²) in [6.45, 7) is 6.94. The SMILES string of the molecule is Brc1ccccc1.CCC(=O)c1ccc(Oc2ccccc2)cc1O.CCCc1ccc(Oc2ccccc2)cc1O.Oc1cccc(O)c1.Oc1cccc(Oc2ccccc2)c1.[CH2+]CC(=O)O.[CH3-].[Zn]. The van der Waals surface area contributed by atoms with Gasteiger partial charge in [-0.3, -0.25) is 4.79 Å². The molecule has 71 heavy (non-hydrogen) atoms. The number of aromatic hydroxyl groups is 5. The molecule has 0 aliphatic rings. The fourth-order valence-electron chi connectivity index (χ4n) is 5.42. The maximum Gasteiger partial charge on any atom is 0.348 e. The Morgan fingerprint density at radius 1 is 0.479 bits per heavy atom. The van der Waals surface area contributed by atoms with Crippen LogP contribution < -0.4 is 14.2 Å². The van der Waals surface area contributed by atoms with Crippen molar-refractivity contribution in [3.8, 4) is 63.2 Å². The molecule has 0 amide bonds. The molecule has 8 aromatic rings. The zero-order valence-corrected chi connectivity index (χ0v) is 44.5. The number of aryl methyl sites for hydroxylation is 1. The Labute approximate surface area is 438 Å². The van der Waals surface area contributed by atoms with E-state index < -0.39 is 5.97 Å². The maximum absolute atomic E-state index is 11.5. The van der Waals surface area contributed by atoms with E-state index >= 15 is 0 Å². The predicted molar refractivity (Wildman–Crippen MR) is 280 cm³/mol. The van der Waals surface area contributed by atoms with Crippen molar-refractivity contribution in [2.45, 2.75) is 39.5 Å². The number of carbonyl (C=O) groups excluding carboxylic acids is 1. The van der Waals surface area contributed by atoms with E-state index in [9.17, 15) is 24.9 Å². The fraction of sp³-hybridized carbons (Fsp3) is 0.103. The predicted octanol–water partition coefficient (Wildman–Crippen LogP) is 15.4. The van der Waals surface area contributed by atoms with Crippen molar-refractivity contribution in [2.75, 3.05) is 0 Å². The minimum absolute atomic E-state index is 0. The minimum Gasteiger partial charge on any atom is -0.508 e. The number of benzene rings is 8. The number of ketones is 1. The van der Waals surface area contributed by atoms with Crippen LogP contribution in [0.2, 0.25) is 0 Å². The normalized spacial score (nSPS) is 9.28. The summed E-state index contributed by atoms with van der Waals surface area (Å²) in [6.07, 6.45) is 2.25. The van der Waals surface area contributed by atoms with E-state index in [-0.39, 0.29) is 62.1 Å². The zero-order chi connectivity index (χ0) is 50.2. The van der Waals surface area contributed by atoms with Crippen LogP contribution in [-0.2, 0) is 30.7 Å². The molecule has 0 fully saturated rings. The molecule has 0 radical (unpaired) electrons. The fourth-order valence-corrected chi connectivity index (χ4v) is 5.72. The number of aliphatic carboxylic acids is 1. The van der Waals surface area contributed by atoms with Gasteiger partial charge in [-0.05, 0) is 103 Å². The van der Waals surface area contributed by atoms with Gasteiger partial charge in [0.1, 0.15) is 63.2 Å². The van der Waals surface area contributed by atoms with Crippen molar-refractivity contribution >= 4 is 27.7 Å². The van der Waals surface area contributed by atoms with Gasteiger partial charge in [-0.1, -0.05) is 127 Å². The van der Waals surface area contributed by atoms with Crippen LogP contribution in [-0.4, -0.2) is 42.4 Å².